The van der Waals surface area contributed by atoms with Crippen molar-refractivity contribution in [3.8, 4) is 17.2 Å². The number of ether oxygens (including phenoxy) is 3. The molecule has 9 heteroatoms. The van der Waals surface area contributed by atoms with Gasteiger partial charge in [0.25, 0.3) is 0 Å². The molecule has 1 aromatic heterocycles. The van der Waals surface area contributed by atoms with Crippen molar-refractivity contribution in [3.63, 3.8) is 0 Å². The Morgan fingerprint density at radius 2 is 1.70 bits per heavy atom. The van der Waals surface area contributed by atoms with Gasteiger partial charge in [0.2, 0.25) is 11.9 Å². The van der Waals surface area contributed by atoms with E-state index in [0.29, 0.717) is 60.3 Å². The van der Waals surface area contributed by atoms with Crippen molar-refractivity contribution < 1.29 is 19.0 Å². The molecule has 4 rings (SSSR count). The van der Waals surface area contributed by atoms with Crippen molar-refractivity contribution in [2.24, 2.45) is 0 Å². The number of aromatic nitrogens is 2. The molecule has 0 aliphatic carbocycles. The Bertz CT molecular complexity index is 1190. The van der Waals surface area contributed by atoms with Gasteiger partial charge in [-0.15, -0.1) is 0 Å². The summed E-state index contributed by atoms with van der Waals surface area (Å²) in [4.78, 5) is 25.6. The van der Waals surface area contributed by atoms with Gasteiger partial charge in [-0.3, -0.25) is 4.79 Å². The SMILES string of the molecule is COc1cccc(C=CC(=O)N2CCN(c3nc(N)c4cc(OC)c(OC)cc4n3)CC2)c1. The fraction of sp³-hybridized carbons (Fsp3) is 0.292. The highest BCUT2D eigenvalue weighted by atomic mass is 16.5. The first-order valence-corrected chi connectivity index (χ1v) is 10.6. The summed E-state index contributed by atoms with van der Waals surface area (Å²) in [7, 11) is 4.77. The minimum atomic E-state index is -0.0340. The number of carbonyl (C=O) groups excluding carboxylic acids is 1. The average molecular weight is 450 g/mol. The molecule has 0 atom stereocenters. The minimum absolute atomic E-state index is 0.0340. The van der Waals surface area contributed by atoms with E-state index in [4.69, 9.17) is 19.9 Å². The van der Waals surface area contributed by atoms with Crippen molar-refractivity contribution >= 4 is 34.7 Å². The van der Waals surface area contributed by atoms with E-state index in [-0.39, 0.29) is 5.91 Å². The van der Waals surface area contributed by atoms with Gasteiger partial charge in [-0.25, -0.2) is 4.98 Å². The molecular formula is C24H27N5O4. The fourth-order valence-electron chi connectivity index (χ4n) is 3.75. The van der Waals surface area contributed by atoms with Crippen LogP contribution in [0.2, 0.25) is 0 Å². The number of hydrogen-bond donors (Lipinski definition) is 1. The molecule has 0 unspecified atom stereocenters. The molecule has 2 heterocycles. The molecule has 0 bridgehead atoms. The standard InChI is InChI=1S/C24H27N5O4/c1-31-17-6-4-5-16(13-17)7-8-22(30)28-9-11-29(12-10-28)24-26-19-15-21(33-3)20(32-2)14-18(19)23(25)27-24/h4-8,13-15H,9-12H2,1-3H3,(H2,25,26,27). The molecule has 33 heavy (non-hydrogen) atoms. The monoisotopic (exact) mass is 449 g/mol. The number of benzene rings is 2. The summed E-state index contributed by atoms with van der Waals surface area (Å²) >= 11 is 0. The number of amides is 1. The van der Waals surface area contributed by atoms with Crippen LogP contribution in [0.25, 0.3) is 17.0 Å². The van der Waals surface area contributed by atoms with E-state index in [1.807, 2.05) is 34.1 Å². The number of fused-ring (bicyclic) bond motifs is 1. The van der Waals surface area contributed by atoms with E-state index in [0.717, 1.165) is 11.3 Å². The number of piperazine rings is 1. The molecule has 2 N–H and O–H groups in total. The Morgan fingerprint density at radius 3 is 2.39 bits per heavy atom. The van der Waals surface area contributed by atoms with Crippen LogP contribution in [0, 0.1) is 0 Å². The van der Waals surface area contributed by atoms with Crippen molar-refractivity contribution in [1.82, 2.24) is 14.9 Å². The molecule has 1 saturated heterocycles. The maximum atomic E-state index is 12.6. The molecule has 0 saturated carbocycles. The van der Waals surface area contributed by atoms with Gasteiger partial charge in [-0.2, -0.15) is 4.98 Å². The van der Waals surface area contributed by atoms with Gasteiger partial charge in [-0.1, -0.05) is 12.1 Å². The highest BCUT2D eigenvalue weighted by molar-refractivity contribution is 5.93. The third-order valence-corrected chi connectivity index (χ3v) is 5.61. The predicted molar refractivity (Wildman–Crippen MR) is 128 cm³/mol. The summed E-state index contributed by atoms with van der Waals surface area (Å²) in [5, 5.41) is 0.702. The highest BCUT2D eigenvalue weighted by Gasteiger charge is 2.22. The van der Waals surface area contributed by atoms with Gasteiger partial charge in [0.1, 0.15) is 11.6 Å². The normalized spacial score (nSPS) is 14.0. The number of hydrogen-bond acceptors (Lipinski definition) is 8. The second-order valence-electron chi connectivity index (χ2n) is 7.56. The molecule has 1 fully saturated rings. The molecule has 3 aromatic rings. The zero-order valence-corrected chi connectivity index (χ0v) is 18.9. The van der Waals surface area contributed by atoms with E-state index in [1.54, 1.807) is 45.6 Å². The van der Waals surface area contributed by atoms with Crippen molar-refractivity contribution in [1.29, 1.82) is 0 Å². The van der Waals surface area contributed by atoms with Crippen LogP contribution >= 0.6 is 0 Å². The van der Waals surface area contributed by atoms with Crippen molar-refractivity contribution in [3.05, 3.63) is 48.0 Å². The average Bonchev–Trinajstić information content (AvgIpc) is 2.86. The van der Waals surface area contributed by atoms with Crippen LogP contribution in [0.15, 0.2) is 42.5 Å². The lowest BCUT2D eigenvalue weighted by Crippen LogP contribution is -2.48. The zero-order valence-electron chi connectivity index (χ0n) is 18.9. The maximum absolute atomic E-state index is 12.6. The number of methoxy groups -OCH3 is 3. The molecular weight excluding hydrogens is 422 g/mol. The predicted octanol–water partition coefficient (Wildman–Crippen LogP) is 2.60. The Morgan fingerprint density at radius 1 is 0.970 bits per heavy atom. The minimum Gasteiger partial charge on any atom is -0.497 e. The van der Waals surface area contributed by atoms with Crippen LogP contribution in [-0.2, 0) is 4.79 Å². The lowest BCUT2D eigenvalue weighted by molar-refractivity contribution is -0.126. The maximum Gasteiger partial charge on any atom is 0.246 e. The number of rotatable bonds is 6. The first-order valence-electron chi connectivity index (χ1n) is 10.6. The summed E-state index contributed by atoms with van der Waals surface area (Å²) in [6.45, 7) is 2.34. The first kappa shape index (κ1) is 22.2. The largest absolute Gasteiger partial charge is 0.497 e. The molecule has 1 amide bonds. The third-order valence-electron chi connectivity index (χ3n) is 5.61. The third kappa shape index (κ3) is 4.77. The Labute approximate surface area is 192 Å². The number of nitrogens with two attached hydrogens (primary N) is 1. The van der Waals surface area contributed by atoms with Crippen molar-refractivity contribution in [2.75, 3.05) is 58.1 Å². The van der Waals surface area contributed by atoms with E-state index in [9.17, 15) is 4.79 Å². The lowest BCUT2D eigenvalue weighted by Gasteiger charge is -2.34. The number of nitrogen functional groups attached to an aromatic ring is 1. The molecule has 0 spiro atoms. The van der Waals surface area contributed by atoms with Gasteiger partial charge in [0, 0.05) is 43.7 Å². The summed E-state index contributed by atoms with van der Waals surface area (Å²) in [6.07, 6.45) is 3.39. The topological polar surface area (TPSA) is 103 Å². The quantitative estimate of drug-likeness (QED) is 0.573. The number of carbonyl (C=O) groups is 1. The molecule has 2 aromatic carbocycles. The van der Waals surface area contributed by atoms with E-state index in [1.165, 1.54) is 0 Å². The zero-order chi connectivity index (χ0) is 23.4. The van der Waals surface area contributed by atoms with Gasteiger partial charge in [0.15, 0.2) is 11.5 Å². The van der Waals surface area contributed by atoms with Crippen LogP contribution in [0.5, 0.6) is 17.2 Å². The lowest BCUT2D eigenvalue weighted by atomic mass is 10.2. The van der Waals surface area contributed by atoms with E-state index in [2.05, 4.69) is 9.97 Å². The molecule has 1 aliphatic heterocycles. The van der Waals surface area contributed by atoms with Gasteiger partial charge >= 0.3 is 0 Å². The second kappa shape index (κ2) is 9.64. The van der Waals surface area contributed by atoms with Gasteiger partial charge in [0.05, 0.1) is 26.8 Å². The first-order chi connectivity index (χ1) is 16.0. The van der Waals surface area contributed by atoms with Crippen LogP contribution in [-0.4, -0.2) is 68.3 Å². The van der Waals surface area contributed by atoms with Crippen LogP contribution in [0.1, 0.15) is 5.56 Å². The second-order valence-corrected chi connectivity index (χ2v) is 7.56. The van der Waals surface area contributed by atoms with Crippen LogP contribution in [0.4, 0.5) is 11.8 Å². The van der Waals surface area contributed by atoms with E-state index >= 15 is 0 Å². The smallest absolute Gasteiger partial charge is 0.246 e. The Balaban J connectivity index is 1.44. The molecule has 1 aliphatic rings. The van der Waals surface area contributed by atoms with Crippen LogP contribution < -0.4 is 24.8 Å². The van der Waals surface area contributed by atoms with Crippen LogP contribution in [0.3, 0.4) is 0 Å². The van der Waals surface area contributed by atoms with Gasteiger partial charge in [-0.05, 0) is 29.8 Å². The summed E-state index contributed by atoms with van der Waals surface area (Å²) in [6, 6.07) is 11.1. The Kier molecular flexibility index (Phi) is 6.48. The number of nitrogens with zero attached hydrogens (tertiary/aromatic N) is 4. The van der Waals surface area contributed by atoms with Gasteiger partial charge < -0.3 is 29.7 Å². The van der Waals surface area contributed by atoms with E-state index < -0.39 is 0 Å². The number of anilines is 2. The summed E-state index contributed by atoms with van der Waals surface area (Å²) in [5.41, 5.74) is 7.80. The molecule has 9 nitrogen and oxygen atoms in total. The summed E-state index contributed by atoms with van der Waals surface area (Å²) in [5.74, 6) is 2.77. The van der Waals surface area contributed by atoms with Crippen molar-refractivity contribution in [2.45, 2.75) is 0 Å². The highest BCUT2D eigenvalue weighted by Crippen LogP contribution is 2.34. The Hall–Kier alpha value is -4.01. The molecule has 0 radical (unpaired) electrons. The fourth-order valence-corrected chi connectivity index (χ4v) is 3.75. The molecule has 172 valence electrons. The summed E-state index contributed by atoms with van der Waals surface area (Å²) < 4.78 is 15.9.